The third-order valence-corrected chi connectivity index (χ3v) is 4.78. The Morgan fingerprint density at radius 3 is 2.19 bits per heavy atom. The summed E-state index contributed by atoms with van der Waals surface area (Å²) in [7, 11) is 0. The van der Waals surface area contributed by atoms with Crippen molar-refractivity contribution in [2.45, 2.75) is 13.0 Å². The molecule has 0 fully saturated rings. The number of carbonyl (C=O) groups is 2. The van der Waals surface area contributed by atoms with Gasteiger partial charge in [0.05, 0.1) is 5.56 Å². The second-order valence-electron chi connectivity index (χ2n) is 7.02. The highest BCUT2D eigenvalue weighted by atomic mass is 16.6. The van der Waals surface area contributed by atoms with Crippen LogP contribution in [0.1, 0.15) is 17.3 Å². The number of carbonyl (C=O) groups excluding carboxylic acids is 2. The highest BCUT2D eigenvalue weighted by Crippen LogP contribution is 2.32. The monoisotopic (exact) mass is 419 g/mol. The van der Waals surface area contributed by atoms with Crippen molar-refractivity contribution >= 4 is 17.6 Å². The molecule has 7 nitrogen and oxygen atoms in total. The quantitative estimate of drug-likeness (QED) is 0.607. The largest absolute Gasteiger partial charge is 0.508 e. The average molecular weight is 419 g/mol. The summed E-state index contributed by atoms with van der Waals surface area (Å²) in [4.78, 5) is 24.9. The number of rotatable bonds is 5. The fourth-order valence-electron chi connectivity index (χ4n) is 3.10. The van der Waals surface area contributed by atoms with Crippen LogP contribution in [0.2, 0.25) is 0 Å². The molecule has 0 aliphatic carbocycles. The van der Waals surface area contributed by atoms with E-state index in [1.54, 1.807) is 66.7 Å². The molecule has 0 bridgehead atoms. The molecule has 1 aliphatic heterocycles. The minimum Gasteiger partial charge on any atom is -0.508 e. The van der Waals surface area contributed by atoms with Crippen LogP contribution in [0.4, 0.5) is 5.69 Å². The minimum atomic E-state index is -0.988. The highest BCUT2D eigenvalue weighted by molar-refractivity contribution is 5.97. The second kappa shape index (κ2) is 8.79. The van der Waals surface area contributed by atoms with Gasteiger partial charge in [0.15, 0.2) is 17.6 Å². The molecule has 7 heteroatoms. The van der Waals surface area contributed by atoms with Crippen LogP contribution in [-0.2, 0) is 9.53 Å². The lowest BCUT2D eigenvalue weighted by molar-refractivity contribution is -0.123. The summed E-state index contributed by atoms with van der Waals surface area (Å²) in [6.07, 6.45) is -0.988. The zero-order valence-electron chi connectivity index (χ0n) is 16.8. The first-order valence-corrected chi connectivity index (χ1v) is 9.80. The van der Waals surface area contributed by atoms with Gasteiger partial charge in [0.2, 0.25) is 0 Å². The van der Waals surface area contributed by atoms with Crippen LogP contribution in [0.5, 0.6) is 17.2 Å². The lowest BCUT2D eigenvalue weighted by Crippen LogP contribution is -2.30. The Hall–Kier alpha value is -4.00. The van der Waals surface area contributed by atoms with Gasteiger partial charge in [0, 0.05) is 11.8 Å². The number of amides is 1. The Morgan fingerprint density at radius 2 is 1.52 bits per heavy atom. The van der Waals surface area contributed by atoms with Crippen molar-refractivity contribution < 1.29 is 28.9 Å². The number of phenolic OH excluding ortho intramolecular Hbond substituents is 1. The molecule has 0 saturated carbocycles. The number of anilines is 1. The van der Waals surface area contributed by atoms with Crippen molar-refractivity contribution in [3.05, 3.63) is 72.3 Å². The molecular formula is C24H21NO6. The predicted octanol–water partition coefficient (Wildman–Crippen LogP) is 4.01. The molecule has 1 amide bonds. The van der Waals surface area contributed by atoms with Crippen LogP contribution < -0.4 is 14.8 Å². The maximum Gasteiger partial charge on any atom is 0.338 e. The minimum absolute atomic E-state index is 0.187. The molecule has 0 spiro atoms. The lowest BCUT2D eigenvalue weighted by Gasteiger charge is -2.19. The van der Waals surface area contributed by atoms with Gasteiger partial charge in [-0.3, -0.25) is 4.79 Å². The normalized spacial score (nSPS) is 13.2. The molecule has 4 rings (SSSR count). The average Bonchev–Trinajstić information content (AvgIpc) is 2.79. The smallest absolute Gasteiger partial charge is 0.338 e. The number of hydrogen-bond donors (Lipinski definition) is 2. The molecule has 0 unspecified atom stereocenters. The molecule has 1 aliphatic rings. The van der Waals surface area contributed by atoms with E-state index in [0.29, 0.717) is 36.0 Å². The third kappa shape index (κ3) is 4.78. The van der Waals surface area contributed by atoms with E-state index in [4.69, 9.17) is 14.2 Å². The zero-order valence-corrected chi connectivity index (χ0v) is 16.8. The first-order chi connectivity index (χ1) is 15.0. The van der Waals surface area contributed by atoms with Crippen molar-refractivity contribution in [3.63, 3.8) is 0 Å². The molecule has 0 aromatic heterocycles. The van der Waals surface area contributed by atoms with Crippen molar-refractivity contribution in [3.8, 4) is 28.4 Å². The molecule has 3 aromatic carbocycles. The summed E-state index contributed by atoms with van der Waals surface area (Å²) in [5.74, 6) is 0.321. The second-order valence-corrected chi connectivity index (χ2v) is 7.02. The molecule has 1 heterocycles. The number of esters is 1. The first-order valence-electron chi connectivity index (χ1n) is 9.80. The standard InChI is InChI=1S/C24H21NO6/c1-15(23(27)25-19-8-11-21-22(14-19)30-13-12-29-21)31-24(28)18-4-2-16(3-5-18)17-6-9-20(26)10-7-17/h2-11,14-15,26H,12-13H2,1H3,(H,25,27)/t15-/m0/s1. The van der Waals surface area contributed by atoms with Crippen LogP contribution in [-0.4, -0.2) is 36.3 Å². The van der Waals surface area contributed by atoms with Gasteiger partial charge in [-0.05, 0) is 54.4 Å². The number of hydrogen-bond acceptors (Lipinski definition) is 6. The summed E-state index contributed by atoms with van der Waals surface area (Å²) in [6, 6.07) is 18.7. The van der Waals surface area contributed by atoms with Gasteiger partial charge >= 0.3 is 5.97 Å². The number of fused-ring (bicyclic) bond motifs is 1. The van der Waals surface area contributed by atoms with Gasteiger partial charge in [-0.25, -0.2) is 4.79 Å². The van der Waals surface area contributed by atoms with Gasteiger partial charge in [-0.15, -0.1) is 0 Å². The van der Waals surface area contributed by atoms with E-state index in [2.05, 4.69) is 5.32 Å². The van der Waals surface area contributed by atoms with Crippen molar-refractivity contribution in [1.82, 2.24) is 0 Å². The van der Waals surface area contributed by atoms with E-state index in [0.717, 1.165) is 11.1 Å². The summed E-state index contributed by atoms with van der Waals surface area (Å²) < 4.78 is 16.3. The Morgan fingerprint density at radius 1 is 0.903 bits per heavy atom. The van der Waals surface area contributed by atoms with Crippen molar-refractivity contribution in [1.29, 1.82) is 0 Å². The molecule has 2 N–H and O–H groups in total. The zero-order chi connectivity index (χ0) is 21.8. The summed E-state index contributed by atoms with van der Waals surface area (Å²) in [5.41, 5.74) is 2.66. The predicted molar refractivity (Wildman–Crippen MR) is 114 cm³/mol. The third-order valence-electron chi connectivity index (χ3n) is 4.78. The van der Waals surface area contributed by atoms with E-state index in [1.807, 2.05) is 0 Å². The van der Waals surface area contributed by atoms with Crippen LogP contribution in [0, 0.1) is 0 Å². The van der Waals surface area contributed by atoms with E-state index in [-0.39, 0.29) is 5.75 Å². The van der Waals surface area contributed by atoms with Gasteiger partial charge in [0.1, 0.15) is 19.0 Å². The van der Waals surface area contributed by atoms with Gasteiger partial charge < -0.3 is 24.6 Å². The highest BCUT2D eigenvalue weighted by Gasteiger charge is 2.20. The molecule has 0 radical (unpaired) electrons. The fourth-order valence-corrected chi connectivity index (χ4v) is 3.10. The summed E-state index contributed by atoms with van der Waals surface area (Å²) >= 11 is 0. The Balaban J connectivity index is 1.36. The molecule has 158 valence electrons. The van der Waals surface area contributed by atoms with Crippen LogP contribution in [0.3, 0.4) is 0 Å². The molecule has 31 heavy (non-hydrogen) atoms. The Labute approximate surface area is 179 Å². The number of nitrogens with one attached hydrogen (secondary N) is 1. The van der Waals surface area contributed by atoms with Gasteiger partial charge in [-0.2, -0.15) is 0 Å². The molecule has 3 aromatic rings. The maximum atomic E-state index is 12.4. The summed E-state index contributed by atoms with van der Waals surface area (Å²) in [5, 5.41) is 12.1. The van der Waals surface area contributed by atoms with Crippen LogP contribution in [0.25, 0.3) is 11.1 Å². The molecule has 0 saturated heterocycles. The van der Waals surface area contributed by atoms with Gasteiger partial charge in [-0.1, -0.05) is 24.3 Å². The number of benzene rings is 3. The van der Waals surface area contributed by atoms with E-state index in [1.165, 1.54) is 6.92 Å². The van der Waals surface area contributed by atoms with Crippen LogP contribution >= 0.6 is 0 Å². The van der Waals surface area contributed by atoms with E-state index >= 15 is 0 Å². The molecular weight excluding hydrogens is 398 g/mol. The number of ether oxygens (including phenoxy) is 3. The fraction of sp³-hybridized carbons (Fsp3) is 0.167. The van der Waals surface area contributed by atoms with Crippen molar-refractivity contribution in [2.75, 3.05) is 18.5 Å². The van der Waals surface area contributed by atoms with Crippen molar-refractivity contribution in [2.24, 2.45) is 0 Å². The lowest BCUT2D eigenvalue weighted by atomic mass is 10.0. The number of aromatic hydroxyl groups is 1. The van der Waals surface area contributed by atoms with Gasteiger partial charge in [0.25, 0.3) is 5.91 Å². The van der Waals surface area contributed by atoms with E-state index in [9.17, 15) is 14.7 Å². The summed E-state index contributed by atoms with van der Waals surface area (Å²) in [6.45, 7) is 2.45. The molecule has 1 atom stereocenters. The maximum absolute atomic E-state index is 12.4. The van der Waals surface area contributed by atoms with E-state index < -0.39 is 18.0 Å². The first kappa shape index (κ1) is 20.3. The SMILES string of the molecule is C[C@H](OC(=O)c1ccc(-c2ccc(O)cc2)cc1)C(=O)Nc1ccc2c(c1)OCCO2. The van der Waals surface area contributed by atoms with Crippen LogP contribution in [0.15, 0.2) is 66.7 Å². The number of phenols is 1. The Bertz CT molecular complexity index is 1090. The Kier molecular flexibility index (Phi) is 5.75. The topological polar surface area (TPSA) is 94.1 Å².